The number of rotatable bonds is 5. The second-order valence-electron chi connectivity index (χ2n) is 5.11. The molecule has 0 radical (unpaired) electrons. The second kappa shape index (κ2) is 5.83. The van der Waals surface area contributed by atoms with Crippen LogP contribution < -0.4 is 10.1 Å². The van der Waals surface area contributed by atoms with Gasteiger partial charge >= 0.3 is 0 Å². The van der Waals surface area contributed by atoms with Gasteiger partial charge in [0.25, 0.3) is 0 Å². The number of benzene rings is 1. The van der Waals surface area contributed by atoms with Crippen LogP contribution in [0.3, 0.4) is 0 Å². The largest absolute Gasteiger partial charge is 0.491 e. The lowest BCUT2D eigenvalue weighted by atomic mass is 10.2. The maximum absolute atomic E-state index is 5.74. The molecule has 108 valence electrons. The fourth-order valence-corrected chi connectivity index (χ4v) is 2.01. The number of aryl methyl sites for hydroxylation is 1. The average Bonchev–Trinajstić information content (AvgIpc) is 2.88. The topological polar surface area (TPSA) is 51.5 Å². The molecule has 0 aliphatic carbocycles. The maximum Gasteiger partial charge on any atom is 0.243 e. The van der Waals surface area contributed by atoms with E-state index in [0.717, 1.165) is 11.4 Å². The molecule has 0 saturated heterocycles. The van der Waals surface area contributed by atoms with Gasteiger partial charge in [-0.2, -0.15) is 4.98 Å². The summed E-state index contributed by atoms with van der Waals surface area (Å²) in [4.78, 5) is 4.40. The van der Waals surface area contributed by atoms with E-state index in [1.807, 2.05) is 55.6 Å². The number of nitrogens with zero attached hydrogens (tertiary/aromatic N) is 3. The minimum Gasteiger partial charge on any atom is -0.491 e. The summed E-state index contributed by atoms with van der Waals surface area (Å²) >= 11 is 0. The molecule has 0 bridgehead atoms. The third kappa shape index (κ3) is 3.31. The van der Waals surface area contributed by atoms with Gasteiger partial charge in [0.2, 0.25) is 5.95 Å². The molecule has 5 nitrogen and oxygen atoms in total. The highest BCUT2D eigenvalue weighted by Crippen LogP contribution is 2.12. The normalized spacial score (nSPS) is 12.3. The van der Waals surface area contributed by atoms with E-state index in [2.05, 4.69) is 22.3 Å². The third-order valence-electron chi connectivity index (χ3n) is 3.14. The monoisotopic (exact) mass is 282 g/mol. The SMILES string of the molecule is Cc1ccc(OCC(C)Nc2nc3ccccn3n2)cc1. The Labute approximate surface area is 123 Å². The molecule has 3 aromatic rings. The van der Waals surface area contributed by atoms with Crippen molar-refractivity contribution < 1.29 is 4.74 Å². The smallest absolute Gasteiger partial charge is 0.243 e. The van der Waals surface area contributed by atoms with Crippen LogP contribution in [0.4, 0.5) is 5.95 Å². The molecule has 0 aliphatic heterocycles. The number of nitrogens with one attached hydrogen (secondary N) is 1. The molecule has 0 amide bonds. The van der Waals surface area contributed by atoms with Crippen molar-refractivity contribution in [3.8, 4) is 5.75 Å². The quantitative estimate of drug-likeness (QED) is 0.781. The fraction of sp³-hybridized carbons (Fsp3) is 0.250. The summed E-state index contributed by atoms with van der Waals surface area (Å²) in [5.41, 5.74) is 2.05. The van der Waals surface area contributed by atoms with Crippen LogP contribution in [-0.2, 0) is 0 Å². The zero-order chi connectivity index (χ0) is 14.7. The molecule has 0 aliphatic rings. The summed E-state index contributed by atoms with van der Waals surface area (Å²) in [7, 11) is 0. The minimum atomic E-state index is 0.115. The van der Waals surface area contributed by atoms with E-state index >= 15 is 0 Å². The Morgan fingerprint density at radius 1 is 1.19 bits per heavy atom. The second-order valence-corrected chi connectivity index (χ2v) is 5.11. The summed E-state index contributed by atoms with van der Waals surface area (Å²) in [6.07, 6.45) is 1.88. The van der Waals surface area contributed by atoms with Crippen molar-refractivity contribution in [1.82, 2.24) is 14.6 Å². The van der Waals surface area contributed by atoms with E-state index in [0.29, 0.717) is 12.6 Å². The van der Waals surface area contributed by atoms with Gasteiger partial charge in [0.1, 0.15) is 12.4 Å². The Morgan fingerprint density at radius 2 is 2.00 bits per heavy atom. The van der Waals surface area contributed by atoms with Gasteiger partial charge in [0.05, 0.1) is 6.04 Å². The highest BCUT2D eigenvalue weighted by Gasteiger charge is 2.07. The Balaban J connectivity index is 1.58. The van der Waals surface area contributed by atoms with Gasteiger partial charge in [0, 0.05) is 6.20 Å². The summed E-state index contributed by atoms with van der Waals surface area (Å²) in [6, 6.07) is 13.9. The van der Waals surface area contributed by atoms with E-state index in [9.17, 15) is 0 Å². The van der Waals surface area contributed by atoms with Crippen molar-refractivity contribution in [1.29, 1.82) is 0 Å². The maximum atomic E-state index is 5.74. The highest BCUT2D eigenvalue weighted by molar-refractivity contribution is 5.43. The van der Waals surface area contributed by atoms with Crippen LogP contribution in [0.2, 0.25) is 0 Å². The van der Waals surface area contributed by atoms with Crippen LogP contribution >= 0.6 is 0 Å². The number of fused-ring (bicyclic) bond motifs is 1. The van der Waals surface area contributed by atoms with Crippen molar-refractivity contribution in [3.63, 3.8) is 0 Å². The number of hydrogen-bond acceptors (Lipinski definition) is 4. The van der Waals surface area contributed by atoms with Gasteiger partial charge in [-0.3, -0.25) is 0 Å². The fourth-order valence-electron chi connectivity index (χ4n) is 2.01. The van der Waals surface area contributed by atoms with Gasteiger partial charge in [0.15, 0.2) is 5.65 Å². The van der Waals surface area contributed by atoms with Gasteiger partial charge < -0.3 is 10.1 Å². The van der Waals surface area contributed by atoms with Crippen LogP contribution in [-0.4, -0.2) is 27.2 Å². The van der Waals surface area contributed by atoms with Crippen LogP contribution in [0.5, 0.6) is 5.75 Å². The first-order valence-electron chi connectivity index (χ1n) is 6.98. The molecule has 2 heterocycles. The van der Waals surface area contributed by atoms with E-state index in [4.69, 9.17) is 4.74 Å². The Morgan fingerprint density at radius 3 is 2.76 bits per heavy atom. The zero-order valence-electron chi connectivity index (χ0n) is 12.2. The standard InChI is InChI=1S/C16H18N4O/c1-12-6-8-14(9-7-12)21-11-13(2)17-16-18-15-5-3-4-10-20(15)19-16/h3-10,13H,11H2,1-2H3,(H,17,19). The van der Waals surface area contributed by atoms with Gasteiger partial charge in [-0.1, -0.05) is 23.8 Å². The van der Waals surface area contributed by atoms with E-state index < -0.39 is 0 Å². The number of hydrogen-bond donors (Lipinski definition) is 1. The van der Waals surface area contributed by atoms with Crippen LogP contribution in [0, 0.1) is 6.92 Å². The first-order chi connectivity index (χ1) is 10.2. The molecule has 0 saturated carbocycles. The summed E-state index contributed by atoms with van der Waals surface area (Å²) in [6.45, 7) is 4.65. The van der Waals surface area contributed by atoms with Gasteiger partial charge in [-0.05, 0) is 38.1 Å². The Hall–Kier alpha value is -2.56. The van der Waals surface area contributed by atoms with Crippen molar-refractivity contribution in [3.05, 3.63) is 54.2 Å². The van der Waals surface area contributed by atoms with E-state index in [-0.39, 0.29) is 6.04 Å². The third-order valence-corrected chi connectivity index (χ3v) is 3.14. The number of ether oxygens (including phenoxy) is 1. The molecule has 1 unspecified atom stereocenters. The van der Waals surface area contributed by atoms with Crippen LogP contribution in [0.1, 0.15) is 12.5 Å². The lowest BCUT2D eigenvalue weighted by Crippen LogP contribution is -2.24. The molecule has 5 heteroatoms. The Bertz CT molecular complexity index is 687. The first kappa shape index (κ1) is 13.4. The van der Waals surface area contributed by atoms with Crippen molar-refractivity contribution in [2.45, 2.75) is 19.9 Å². The molecule has 0 fully saturated rings. The minimum absolute atomic E-state index is 0.115. The van der Waals surface area contributed by atoms with Gasteiger partial charge in [-0.25, -0.2) is 4.52 Å². The van der Waals surface area contributed by atoms with Crippen molar-refractivity contribution in [2.24, 2.45) is 0 Å². The molecule has 1 aromatic carbocycles. The average molecular weight is 282 g/mol. The number of pyridine rings is 1. The predicted molar refractivity (Wildman–Crippen MR) is 82.7 cm³/mol. The molecule has 2 aromatic heterocycles. The predicted octanol–water partition coefficient (Wildman–Crippen LogP) is 2.92. The van der Waals surface area contributed by atoms with Gasteiger partial charge in [-0.15, -0.1) is 5.10 Å². The van der Waals surface area contributed by atoms with E-state index in [1.54, 1.807) is 4.52 Å². The lowest BCUT2D eigenvalue weighted by molar-refractivity contribution is 0.303. The molecule has 3 rings (SSSR count). The zero-order valence-corrected chi connectivity index (χ0v) is 12.2. The molecule has 0 spiro atoms. The number of anilines is 1. The van der Waals surface area contributed by atoms with Crippen molar-refractivity contribution in [2.75, 3.05) is 11.9 Å². The Kier molecular flexibility index (Phi) is 3.73. The molecule has 21 heavy (non-hydrogen) atoms. The molecule has 1 N–H and O–H groups in total. The summed E-state index contributed by atoms with van der Waals surface area (Å²) in [5, 5.41) is 7.60. The first-order valence-corrected chi connectivity index (χ1v) is 6.98. The molecule has 1 atom stereocenters. The molecular weight excluding hydrogens is 264 g/mol. The van der Waals surface area contributed by atoms with Crippen LogP contribution in [0.15, 0.2) is 48.7 Å². The summed E-state index contributed by atoms with van der Waals surface area (Å²) in [5.74, 6) is 1.48. The van der Waals surface area contributed by atoms with Crippen molar-refractivity contribution >= 4 is 11.6 Å². The molecular formula is C16H18N4O. The number of aromatic nitrogens is 3. The van der Waals surface area contributed by atoms with E-state index in [1.165, 1.54) is 5.56 Å². The highest BCUT2D eigenvalue weighted by atomic mass is 16.5. The summed E-state index contributed by atoms with van der Waals surface area (Å²) < 4.78 is 7.49. The lowest BCUT2D eigenvalue weighted by Gasteiger charge is -2.13. The van der Waals surface area contributed by atoms with Crippen LogP contribution in [0.25, 0.3) is 5.65 Å².